The number of hydrogen-bond donors (Lipinski definition) is 3. The average Bonchev–Trinajstić information content (AvgIpc) is 3.30. The highest BCUT2D eigenvalue weighted by Gasteiger charge is 2.33. The highest BCUT2D eigenvalue weighted by molar-refractivity contribution is 5.97. The smallest absolute Gasteiger partial charge is 0.417 e. The third-order valence-corrected chi connectivity index (χ3v) is 6.37. The molecule has 0 saturated carbocycles. The summed E-state index contributed by atoms with van der Waals surface area (Å²) < 4.78 is 45.0. The van der Waals surface area contributed by atoms with Gasteiger partial charge < -0.3 is 20.4 Å². The summed E-state index contributed by atoms with van der Waals surface area (Å²) in [5.41, 5.74) is -0.680. The molecule has 8 nitrogen and oxygen atoms in total. The van der Waals surface area contributed by atoms with Gasteiger partial charge in [0.1, 0.15) is 0 Å². The molecule has 2 unspecified atom stereocenters. The van der Waals surface area contributed by atoms with Gasteiger partial charge in [-0.15, -0.1) is 0 Å². The number of halogens is 3. The van der Waals surface area contributed by atoms with Crippen molar-refractivity contribution in [2.75, 3.05) is 13.2 Å². The molecule has 210 valence electrons. The number of ether oxygens (including phenoxy) is 1. The van der Waals surface area contributed by atoms with E-state index in [1.165, 1.54) is 42.5 Å². The number of carbonyl (C=O) groups excluding carboxylic acids is 4. The van der Waals surface area contributed by atoms with Crippen LogP contribution >= 0.6 is 0 Å². The number of Topliss-reactive ketones (excluding diaryl/α,β-unsaturated/α-hetero) is 1. The lowest BCUT2D eigenvalue weighted by molar-refractivity contribution is -0.138. The van der Waals surface area contributed by atoms with E-state index in [-0.39, 0.29) is 54.6 Å². The van der Waals surface area contributed by atoms with Crippen LogP contribution in [0.25, 0.3) is 11.3 Å². The molecule has 11 heteroatoms. The number of H-pyrrole nitrogens is 1. The Labute approximate surface area is 224 Å². The van der Waals surface area contributed by atoms with Gasteiger partial charge in [-0.25, -0.2) is 4.79 Å². The number of aromatic nitrogens is 1. The van der Waals surface area contributed by atoms with Crippen LogP contribution in [-0.4, -0.2) is 47.7 Å². The van der Waals surface area contributed by atoms with Crippen molar-refractivity contribution in [3.63, 3.8) is 0 Å². The first-order valence-electron chi connectivity index (χ1n) is 12.9. The lowest BCUT2D eigenvalue weighted by Crippen LogP contribution is -2.38. The van der Waals surface area contributed by atoms with Gasteiger partial charge in [0.25, 0.3) is 0 Å². The van der Waals surface area contributed by atoms with Crippen LogP contribution in [0.2, 0.25) is 0 Å². The van der Waals surface area contributed by atoms with Gasteiger partial charge in [-0.3, -0.25) is 14.4 Å². The summed E-state index contributed by atoms with van der Waals surface area (Å²) in [7, 11) is 0. The number of ketones is 1. The molecule has 2 aromatic rings. The average molecular weight is 548 g/mol. The molecule has 1 aromatic carbocycles. The third kappa shape index (κ3) is 8.83. The Kier molecular flexibility index (Phi) is 10.5. The predicted molar refractivity (Wildman–Crippen MR) is 137 cm³/mol. The first kappa shape index (κ1) is 29.7. The van der Waals surface area contributed by atoms with Gasteiger partial charge in [-0.1, -0.05) is 30.7 Å². The fraction of sp³-hybridized carbons (Fsp3) is 0.429. The molecule has 2 heterocycles. The summed E-state index contributed by atoms with van der Waals surface area (Å²) in [5.74, 6) is -1.94. The lowest BCUT2D eigenvalue weighted by Gasteiger charge is -2.20. The second kappa shape index (κ2) is 13.8. The molecule has 0 bridgehead atoms. The van der Waals surface area contributed by atoms with E-state index in [2.05, 4.69) is 15.6 Å². The fourth-order valence-corrected chi connectivity index (χ4v) is 4.43. The Bertz CT molecular complexity index is 1210. The van der Waals surface area contributed by atoms with Gasteiger partial charge in [-0.2, -0.15) is 13.2 Å². The van der Waals surface area contributed by atoms with Gasteiger partial charge in [0.05, 0.1) is 17.9 Å². The minimum atomic E-state index is -4.56. The molecule has 3 rings (SSSR count). The van der Waals surface area contributed by atoms with Gasteiger partial charge in [0, 0.05) is 48.7 Å². The Hall–Kier alpha value is -3.89. The van der Waals surface area contributed by atoms with Crippen LogP contribution in [0.1, 0.15) is 61.5 Å². The largest absolute Gasteiger partial charge is 0.463 e. The van der Waals surface area contributed by atoms with Crippen molar-refractivity contribution in [1.29, 1.82) is 0 Å². The zero-order chi connectivity index (χ0) is 28.4. The van der Waals surface area contributed by atoms with E-state index in [0.29, 0.717) is 13.0 Å². The summed E-state index contributed by atoms with van der Waals surface area (Å²) in [6.45, 7) is 2.45. The highest BCUT2D eigenvalue weighted by atomic mass is 19.4. The van der Waals surface area contributed by atoms with Crippen molar-refractivity contribution in [3.05, 3.63) is 59.8 Å². The Balaban J connectivity index is 1.63. The molecule has 1 aliphatic heterocycles. The van der Waals surface area contributed by atoms with Crippen molar-refractivity contribution >= 4 is 23.6 Å². The molecule has 0 radical (unpaired) electrons. The Morgan fingerprint density at radius 3 is 2.64 bits per heavy atom. The summed E-state index contributed by atoms with van der Waals surface area (Å²) in [6, 6.07) is 7.19. The topological polar surface area (TPSA) is 117 Å². The molecular weight excluding hydrogens is 515 g/mol. The molecule has 39 heavy (non-hydrogen) atoms. The number of hydrogen-bond acceptors (Lipinski definition) is 5. The number of amides is 2. The number of alkyl halides is 3. The molecule has 0 spiro atoms. The van der Waals surface area contributed by atoms with Crippen molar-refractivity contribution in [3.8, 4) is 11.3 Å². The zero-order valence-electron chi connectivity index (χ0n) is 21.6. The second-order valence-corrected chi connectivity index (χ2v) is 9.26. The minimum Gasteiger partial charge on any atom is -0.463 e. The molecular formula is C28H32F3N3O5. The fourth-order valence-electron chi connectivity index (χ4n) is 4.43. The third-order valence-electron chi connectivity index (χ3n) is 6.37. The molecule has 3 N–H and O–H groups in total. The number of aromatic amines is 1. The maximum absolute atomic E-state index is 13.4. The second-order valence-electron chi connectivity index (χ2n) is 9.26. The van der Waals surface area contributed by atoms with Crippen LogP contribution in [-0.2, 0) is 25.3 Å². The van der Waals surface area contributed by atoms with Crippen molar-refractivity contribution < 1.29 is 37.1 Å². The summed E-state index contributed by atoms with van der Waals surface area (Å²) in [4.78, 5) is 52.3. The molecule has 2 atom stereocenters. The standard InChI is InChI=1S/C28H32F3N3O5/c1-2-39-26(37)15-10-19(17-18-7-5-6-16-32-27(18)38)33-25(36)14-13-24(35)23-12-11-22(34-23)20-8-3-4-9-21(20)28(29,30)31/h3-4,8-12,15,18-19,34H,2,5-7,13-14,16-17H2,1H3,(H,32,38)(H,33,36)/b15-10+. The highest BCUT2D eigenvalue weighted by Crippen LogP contribution is 2.36. The summed E-state index contributed by atoms with van der Waals surface area (Å²) in [6.07, 6.45) is 0.390. The van der Waals surface area contributed by atoms with E-state index in [1.807, 2.05) is 0 Å². The molecule has 2 amide bonds. The van der Waals surface area contributed by atoms with Crippen molar-refractivity contribution in [2.45, 2.75) is 57.7 Å². The number of nitrogens with one attached hydrogen (secondary N) is 3. The number of benzene rings is 1. The SMILES string of the molecule is CCOC(=O)/C=C/C(CC1CCCCNC1=O)NC(=O)CCC(=O)c1ccc(-c2ccccc2C(F)(F)F)[nH]1. The van der Waals surface area contributed by atoms with E-state index < -0.39 is 35.4 Å². The van der Waals surface area contributed by atoms with Crippen LogP contribution in [0.3, 0.4) is 0 Å². The maximum atomic E-state index is 13.4. The lowest BCUT2D eigenvalue weighted by atomic mass is 9.94. The van der Waals surface area contributed by atoms with Crippen LogP contribution in [0.15, 0.2) is 48.6 Å². The van der Waals surface area contributed by atoms with E-state index >= 15 is 0 Å². The first-order chi connectivity index (χ1) is 18.6. The first-order valence-corrected chi connectivity index (χ1v) is 12.9. The van der Waals surface area contributed by atoms with Gasteiger partial charge in [0.15, 0.2) is 5.78 Å². The van der Waals surface area contributed by atoms with Crippen LogP contribution in [0, 0.1) is 5.92 Å². The molecule has 1 saturated heterocycles. The van der Waals surface area contributed by atoms with Crippen molar-refractivity contribution in [2.24, 2.45) is 5.92 Å². The minimum absolute atomic E-state index is 0.0828. The monoisotopic (exact) mass is 547 g/mol. The van der Waals surface area contributed by atoms with E-state index in [0.717, 1.165) is 18.9 Å². The zero-order valence-corrected chi connectivity index (χ0v) is 21.6. The van der Waals surface area contributed by atoms with Crippen LogP contribution in [0.5, 0.6) is 0 Å². The van der Waals surface area contributed by atoms with E-state index in [1.54, 1.807) is 6.92 Å². The number of rotatable bonds is 11. The predicted octanol–water partition coefficient (Wildman–Crippen LogP) is 4.57. The Morgan fingerprint density at radius 2 is 1.90 bits per heavy atom. The molecule has 0 aliphatic carbocycles. The quantitative estimate of drug-likeness (QED) is 0.216. The van der Waals surface area contributed by atoms with Crippen molar-refractivity contribution in [1.82, 2.24) is 15.6 Å². The summed E-state index contributed by atoms with van der Waals surface area (Å²) in [5, 5.41) is 5.61. The van der Waals surface area contributed by atoms with Gasteiger partial charge >= 0.3 is 12.1 Å². The number of carbonyl (C=O) groups is 4. The number of esters is 1. The normalized spacial score (nSPS) is 16.8. The molecule has 1 aliphatic rings. The summed E-state index contributed by atoms with van der Waals surface area (Å²) >= 11 is 0. The molecule has 1 fully saturated rings. The molecule has 1 aromatic heterocycles. The van der Waals surface area contributed by atoms with Gasteiger partial charge in [-0.05, 0) is 44.4 Å². The van der Waals surface area contributed by atoms with E-state index in [4.69, 9.17) is 4.74 Å². The van der Waals surface area contributed by atoms with Crippen LogP contribution < -0.4 is 10.6 Å². The van der Waals surface area contributed by atoms with Gasteiger partial charge in [0.2, 0.25) is 11.8 Å². The maximum Gasteiger partial charge on any atom is 0.417 e. The van der Waals surface area contributed by atoms with Crippen LogP contribution in [0.4, 0.5) is 13.2 Å². The Morgan fingerprint density at radius 1 is 1.13 bits per heavy atom. The van der Waals surface area contributed by atoms with E-state index in [9.17, 15) is 32.3 Å².